The number of carbonyl (C=O) groups excluding carboxylic acids is 1. The molecule has 2 heterocycles. The van der Waals surface area contributed by atoms with Gasteiger partial charge in [0.2, 0.25) is 5.91 Å². The number of carbonyl (C=O) groups is 1. The number of ether oxygens (including phenoxy) is 1. The van der Waals surface area contributed by atoms with Gasteiger partial charge in [-0.2, -0.15) is 0 Å². The molecule has 25 heavy (non-hydrogen) atoms. The zero-order valence-corrected chi connectivity index (χ0v) is 15.1. The van der Waals surface area contributed by atoms with Crippen LogP contribution in [-0.4, -0.2) is 40.1 Å². The van der Waals surface area contributed by atoms with Crippen LogP contribution in [0.15, 0.2) is 42.7 Å². The highest BCUT2D eigenvalue weighted by atomic mass is 16.5. The molecule has 1 aromatic carbocycles. The quantitative estimate of drug-likeness (QED) is 0.810. The first kappa shape index (κ1) is 17.7. The van der Waals surface area contributed by atoms with Gasteiger partial charge < -0.3 is 14.2 Å². The van der Waals surface area contributed by atoms with Crippen molar-refractivity contribution >= 4 is 5.91 Å². The lowest BCUT2D eigenvalue weighted by Gasteiger charge is -2.35. The van der Waals surface area contributed by atoms with Crippen molar-refractivity contribution in [2.45, 2.75) is 39.3 Å². The second-order valence-corrected chi connectivity index (χ2v) is 6.86. The Labute approximate surface area is 149 Å². The molecule has 1 saturated heterocycles. The van der Waals surface area contributed by atoms with Crippen molar-refractivity contribution in [1.82, 2.24) is 14.5 Å². The maximum absolute atomic E-state index is 12.8. The van der Waals surface area contributed by atoms with Gasteiger partial charge in [-0.25, -0.2) is 4.98 Å². The second-order valence-electron chi connectivity index (χ2n) is 6.86. The Bertz CT molecular complexity index is 683. The van der Waals surface area contributed by atoms with E-state index in [4.69, 9.17) is 4.74 Å². The van der Waals surface area contributed by atoms with Crippen molar-refractivity contribution in [1.29, 1.82) is 0 Å². The van der Waals surface area contributed by atoms with E-state index in [0.717, 1.165) is 37.3 Å². The number of hydrogen-bond acceptors (Lipinski definition) is 3. The van der Waals surface area contributed by atoms with Crippen LogP contribution in [0.2, 0.25) is 0 Å². The normalized spacial score (nSPS) is 19.0. The Kier molecular flexibility index (Phi) is 5.87. The van der Waals surface area contributed by atoms with Crippen molar-refractivity contribution < 1.29 is 9.53 Å². The average Bonchev–Trinajstić information content (AvgIpc) is 3.08. The van der Waals surface area contributed by atoms with E-state index in [1.54, 1.807) is 0 Å². The maximum atomic E-state index is 12.8. The highest BCUT2D eigenvalue weighted by Crippen LogP contribution is 2.23. The van der Waals surface area contributed by atoms with E-state index in [1.807, 2.05) is 61.5 Å². The van der Waals surface area contributed by atoms with Crippen LogP contribution < -0.4 is 0 Å². The standard InChI is InChI=1S/C20H27N3O2/c1-16(14-25-15-18-7-4-3-5-8-18)20(24)22-11-6-9-19(13-22)23-12-10-21-17(23)2/h3-5,7-8,10,12,16,19H,6,9,11,13-15H2,1-2H3/t16-,19+/m1/s1. The lowest BCUT2D eigenvalue weighted by atomic mass is 10.0. The minimum atomic E-state index is -0.119. The minimum absolute atomic E-state index is 0.119. The molecular formula is C20H27N3O2. The molecule has 2 atom stereocenters. The van der Waals surface area contributed by atoms with E-state index >= 15 is 0 Å². The number of aryl methyl sites for hydroxylation is 1. The molecule has 0 aliphatic carbocycles. The van der Waals surface area contributed by atoms with Gasteiger partial charge in [0.15, 0.2) is 0 Å². The van der Waals surface area contributed by atoms with Crippen molar-refractivity contribution in [2.75, 3.05) is 19.7 Å². The zero-order valence-electron chi connectivity index (χ0n) is 15.1. The highest BCUT2D eigenvalue weighted by molar-refractivity contribution is 5.78. The maximum Gasteiger partial charge on any atom is 0.227 e. The number of likely N-dealkylation sites (tertiary alicyclic amines) is 1. The molecule has 0 spiro atoms. The number of rotatable bonds is 6. The topological polar surface area (TPSA) is 47.4 Å². The first-order chi connectivity index (χ1) is 12.1. The van der Waals surface area contributed by atoms with Crippen LogP contribution >= 0.6 is 0 Å². The van der Waals surface area contributed by atoms with E-state index in [9.17, 15) is 4.79 Å². The molecule has 1 aromatic heterocycles. The van der Waals surface area contributed by atoms with E-state index in [2.05, 4.69) is 9.55 Å². The highest BCUT2D eigenvalue weighted by Gasteiger charge is 2.28. The fourth-order valence-corrected chi connectivity index (χ4v) is 3.47. The molecule has 1 fully saturated rings. The summed E-state index contributed by atoms with van der Waals surface area (Å²) < 4.78 is 7.94. The van der Waals surface area contributed by atoms with Gasteiger partial charge in [0.1, 0.15) is 5.82 Å². The number of imidazole rings is 1. The van der Waals surface area contributed by atoms with Crippen molar-refractivity contribution in [3.63, 3.8) is 0 Å². The molecule has 5 heteroatoms. The third-order valence-corrected chi connectivity index (χ3v) is 4.86. The third kappa shape index (κ3) is 4.48. The fourth-order valence-electron chi connectivity index (χ4n) is 3.47. The van der Waals surface area contributed by atoms with E-state index < -0.39 is 0 Å². The van der Waals surface area contributed by atoms with Gasteiger partial charge in [-0.3, -0.25) is 4.79 Å². The molecule has 134 valence electrons. The predicted octanol–water partition coefficient (Wildman–Crippen LogP) is 3.21. The number of piperidine rings is 1. The van der Waals surface area contributed by atoms with Crippen LogP contribution in [0.4, 0.5) is 0 Å². The van der Waals surface area contributed by atoms with Crippen molar-refractivity contribution in [3.05, 3.63) is 54.1 Å². The van der Waals surface area contributed by atoms with Gasteiger partial charge in [-0.15, -0.1) is 0 Å². The molecule has 0 saturated carbocycles. The number of hydrogen-bond donors (Lipinski definition) is 0. The fraction of sp³-hybridized carbons (Fsp3) is 0.500. The zero-order chi connectivity index (χ0) is 17.6. The molecule has 3 rings (SSSR count). The summed E-state index contributed by atoms with van der Waals surface area (Å²) in [5.41, 5.74) is 1.13. The Balaban J connectivity index is 1.50. The molecule has 0 bridgehead atoms. The van der Waals surface area contributed by atoms with Gasteiger partial charge in [0.05, 0.1) is 25.2 Å². The third-order valence-electron chi connectivity index (χ3n) is 4.86. The molecule has 1 amide bonds. The van der Waals surface area contributed by atoms with Crippen LogP contribution in [0.3, 0.4) is 0 Å². The molecular weight excluding hydrogens is 314 g/mol. The summed E-state index contributed by atoms with van der Waals surface area (Å²) in [6, 6.07) is 10.4. The molecule has 2 aromatic rings. The van der Waals surface area contributed by atoms with E-state index in [-0.39, 0.29) is 11.8 Å². The van der Waals surface area contributed by atoms with E-state index in [0.29, 0.717) is 19.3 Å². The molecule has 0 radical (unpaired) electrons. The lowest BCUT2D eigenvalue weighted by molar-refractivity contribution is -0.138. The average molecular weight is 341 g/mol. The van der Waals surface area contributed by atoms with Gasteiger partial charge in [0, 0.05) is 25.5 Å². The molecule has 1 aliphatic rings. The number of benzene rings is 1. The predicted molar refractivity (Wildman–Crippen MR) is 97.1 cm³/mol. The number of aromatic nitrogens is 2. The summed E-state index contributed by atoms with van der Waals surface area (Å²) in [5, 5.41) is 0. The Morgan fingerprint density at radius 3 is 2.88 bits per heavy atom. The SMILES string of the molecule is Cc1nccn1[C@H]1CCCN(C(=O)[C@H](C)COCc2ccccc2)C1. The Hall–Kier alpha value is -2.14. The lowest BCUT2D eigenvalue weighted by Crippen LogP contribution is -2.44. The van der Waals surface area contributed by atoms with Crippen LogP contribution in [0.25, 0.3) is 0 Å². The number of nitrogens with zero attached hydrogens (tertiary/aromatic N) is 3. The summed E-state index contributed by atoms with van der Waals surface area (Å²) in [6.07, 6.45) is 5.97. The molecule has 0 unspecified atom stereocenters. The first-order valence-corrected chi connectivity index (χ1v) is 9.05. The summed E-state index contributed by atoms with van der Waals surface area (Å²) in [7, 11) is 0. The van der Waals surface area contributed by atoms with Gasteiger partial charge >= 0.3 is 0 Å². The Morgan fingerprint density at radius 1 is 1.36 bits per heavy atom. The number of amides is 1. The summed E-state index contributed by atoms with van der Waals surface area (Å²) in [5.74, 6) is 1.08. The largest absolute Gasteiger partial charge is 0.376 e. The Morgan fingerprint density at radius 2 is 2.16 bits per heavy atom. The van der Waals surface area contributed by atoms with Gasteiger partial charge in [-0.1, -0.05) is 37.3 Å². The summed E-state index contributed by atoms with van der Waals surface area (Å²) in [4.78, 5) is 19.1. The van der Waals surface area contributed by atoms with Gasteiger partial charge in [-0.05, 0) is 25.3 Å². The minimum Gasteiger partial charge on any atom is -0.376 e. The van der Waals surface area contributed by atoms with Crippen LogP contribution in [0.1, 0.15) is 37.2 Å². The van der Waals surface area contributed by atoms with E-state index in [1.165, 1.54) is 0 Å². The van der Waals surface area contributed by atoms with Crippen molar-refractivity contribution in [2.24, 2.45) is 5.92 Å². The first-order valence-electron chi connectivity index (χ1n) is 9.05. The summed E-state index contributed by atoms with van der Waals surface area (Å²) >= 11 is 0. The summed E-state index contributed by atoms with van der Waals surface area (Å²) in [6.45, 7) is 6.58. The smallest absolute Gasteiger partial charge is 0.227 e. The van der Waals surface area contributed by atoms with Gasteiger partial charge in [0.25, 0.3) is 0 Å². The molecule has 5 nitrogen and oxygen atoms in total. The van der Waals surface area contributed by atoms with Crippen LogP contribution in [-0.2, 0) is 16.1 Å². The molecule has 1 aliphatic heterocycles. The second kappa shape index (κ2) is 8.30. The van der Waals surface area contributed by atoms with Crippen LogP contribution in [0, 0.1) is 12.8 Å². The van der Waals surface area contributed by atoms with Crippen molar-refractivity contribution in [3.8, 4) is 0 Å². The monoisotopic (exact) mass is 341 g/mol. The van der Waals surface area contributed by atoms with Crippen LogP contribution in [0.5, 0.6) is 0 Å². The molecule has 0 N–H and O–H groups in total.